The average molecular weight is 647 g/mol. The van der Waals surface area contributed by atoms with Crippen molar-refractivity contribution >= 4 is 61.2 Å². The fourth-order valence-corrected chi connectivity index (χ4v) is 6.50. The molecule has 0 saturated carbocycles. The van der Waals surface area contributed by atoms with Crippen molar-refractivity contribution < 1.29 is 13.3 Å². The summed E-state index contributed by atoms with van der Waals surface area (Å²) in [6.07, 6.45) is 1.90. The fourth-order valence-electron chi connectivity index (χ4n) is 6.50. The van der Waals surface area contributed by atoms with Gasteiger partial charge in [0.05, 0.1) is 5.69 Å². The molecule has 10 aromatic rings. The Bertz CT molecular complexity index is 2630. The number of benzene rings is 6. The van der Waals surface area contributed by atoms with Crippen LogP contribution in [0.3, 0.4) is 0 Å². The highest BCUT2D eigenvalue weighted by Crippen LogP contribution is 2.38. The van der Waals surface area contributed by atoms with Crippen LogP contribution >= 0.6 is 0 Å². The Morgan fingerprint density at radius 1 is 0.400 bits per heavy atom. The Morgan fingerprint density at radius 2 is 0.880 bits per heavy atom. The van der Waals surface area contributed by atoms with Crippen LogP contribution in [0.4, 0.5) is 17.1 Å². The number of aromatic nitrogens is 3. The summed E-state index contributed by atoms with van der Waals surface area (Å²) < 4.78 is 18.2. The molecule has 0 spiro atoms. The van der Waals surface area contributed by atoms with Crippen molar-refractivity contribution in [3.63, 3.8) is 0 Å². The molecule has 0 aliphatic heterocycles. The molecule has 7 nitrogen and oxygen atoms in total. The van der Waals surface area contributed by atoms with Crippen LogP contribution in [0, 0.1) is 0 Å². The number of pyridine rings is 1. The van der Waals surface area contributed by atoms with E-state index in [1.165, 1.54) is 0 Å². The third-order valence-electron chi connectivity index (χ3n) is 9.02. The quantitative estimate of drug-likeness (QED) is 0.178. The van der Waals surface area contributed by atoms with Crippen LogP contribution in [0.1, 0.15) is 0 Å². The molecule has 0 fully saturated rings. The van der Waals surface area contributed by atoms with Crippen molar-refractivity contribution in [2.24, 2.45) is 0 Å². The van der Waals surface area contributed by atoms with Gasteiger partial charge in [0.1, 0.15) is 22.2 Å². The number of fused-ring (bicyclic) bond motifs is 5. The molecule has 236 valence electrons. The summed E-state index contributed by atoms with van der Waals surface area (Å²) in [4.78, 5) is 16.4. The van der Waals surface area contributed by atoms with Crippen LogP contribution in [0.2, 0.25) is 0 Å². The number of hydrogen-bond donors (Lipinski definition) is 0. The predicted molar refractivity (Wildman–Crippen MR) is 198 cm³/mol. The van der Waals surface area contributed by atoms with Crippen LogP contribution in [-0.2, 0) is 0 Å². The maximum atomic E-state index is 6.14. The lowest BCUT2D eigenvalue weighted by molar-refractivity contribution is 0.619. The van der Waals surface area contributed by atoms with Crippen molar-refractivity contribution in [2.75, 3.05) is 4.90 Å². The molecule has 0 aliphatic carbocycles. The monoisotopic (exact) mass is 646 g/mol. The zero-order chi connectivity index (χ0) is 33.0. The third kappa shape index (κ3) is 4.79. The number of furan rings is 1. The van der Waals surface area contributed by atoms with E-state index in [0.29, 0.717) is 11.8 Å². The molecule has 0 bridgehead atoms. The summed E-state index contributed by atoms with van der Waals surface area (Å²) >= 11 is 0. The van der Waals surface area contributed by atoms with Crippen molar-refractivity contribution in [3.05, 3.63) is 158 Å². The molecule has 0 amide bonds. The lowest BCUT2D eigenvalue weighted by Gasteiger charge is -2.26. The van der Waals surface area contributed by atoms with Gasteiger partial charge in [-0.2, -0.15) is 0 Å². The molecule has 0 radical (unpaired) electrons. The van der Waals surface area contributed by atoms with E-state index < -0.39 is 0 Å². The molecule has 0 saturated heterocycles. The molecule has 10 rings (SSSR count). The summed E-state index contributed by atoms with van der Waals surface area (Å²) in [5.41, 5.74) is 11.5. The van der Waals surface area contributed by atoms with E-state index in [1.54, 1.807) is 0 Å². The minimum absolute atomic E-state index is 0.588. The van der Waals surface area contributed by atoms with Gasteiger partial charge < -0.3 is 18.2 Å². The van der Waals surface area contributed by atoms with E-state index in [1.807, 2.05) is 103 Å². The highest BCUT2D eigenvalue weighted by Gasteiger charge is 2.17. The first kappa shape index (κ1) is 28.1. The van der Waals surface area contributed by atoms with Crippen LogP contribution < -0.4 is 4.90 Å². The molecule has 0 unspecified atom stereocenters. The van der Waals surface area contributed by atoms with E-state index >= 15 is 0 Å². The first-order valence-electron chi connectivity index (χ1n) is 16.3. The van der Waals surface area contributed by atoms with Crippen LogP contribution in [0.5, 0.6) is 0 Å². The molecule has 6 aromatic carbocycles. The summed E-state index contributed by atoms with van der Waals surface area (Å²) in [7, 11) is 0. The summed E-state index contributed by atoms with van der Waals surface area (Å²) in [6, 6.07) is 50.6. The van der Waals surface area contributed by atoms with Crippen LogP contribution in [0.25, 0.3) is 78.3 Å². The van der Waals surface area contributed by atoms with Gasteiger partial charge in [0.15, 0.2) is 11.2 Å². The number of para-hydroxylation sites is 5. The van der Waals surface area contributed by atoms with E-state index in [2.05, 4.69) is 69.5 Å². The lowest BCUT2D eigenvalue weighted by Crippen LogP contribution is -2.09. The zero-order valence-corrected chi connectivity index (χ0v) is 26.5. The van der Waals surface area contributed by atoms with Crippen LogP contribution in [-0.4, -0.2) is 15.0 Å². The van der Waals surface area contributed by atoms with E-state index in [9.17, 15) is 0 Å². The summed E-state index contributed by atoms with van der Waals surface area (Å²) in [5.74, 6) is 1.18. The fraction of sp³-hybridized carbons (Fsp3) is 0. The first-order valence-corrected chi connectivity index (χ1v) is 16.3. The molecule has 0 N–H and O–H groups in total. The molecule has 0 atom stereocenters. The molecular formula is C43H26N4O3. The number of oxazole rings is 2. The second-order valence-electron chi connectivity index (χ2n) is 12.1. The maximum Gasteiger partial charge on any atom is 0.227 e. The Balaban J connectivity index is 1.02. The van der Waals surface area contributed by atoms with Gasteiger partial charge in [-0.3, -0.25) is 4.98 Å². The smallest absolute Gasteiger partial charge is 0.227 e. The average Bonchev–Trinajstić information content (AvgIpc) is 3.91. The summed E-state index contributed by atoms with van der Waals surface area (Å²) in [5, 5.41) is 2.08. The van der Waals surface area contributed by atoms with Gasteiger partial charge >= 0.3 is 0 Å². The van der Waals surface area contributed by atoms with E-state index in [-0.39, 0.29) is 0 Å². The van der Waals surface area contributed by atoms with Crippen molar-refractivity contribution in [3.8, 4) is 34.2 Å². The standard InChI is InChI=1S/C43H26N4O3/c1-4-10-38-33(7-1)34-26-44-37(25-41(34)48-38)27-13-19-30(20-14-27)47(31-21-15-28(16-22-31)42-45-35-8-2-5-11-39(35)49-42)32-23-17-29(18-24-32)43-46-36-9-3-6-12-40(36)50-43/h1-26H. The molecule has 50 heavy (non-hydrogen) atoms. The molecule has 4 aromatic heterocycles. The topological polar surface area (TPSA) is 81.3 Å². The third-order valence-corrected chi connectivity index (χ3v) is 9.02. The molecule has 4 heterocycles. The maximum absolute atomic E-state index is 6.14. The van der Waals surface area contributed by atoms with Crippen molar-refractivity contribution in [2.45, 2.75) is 0 Å². The number of anilines is 3. The Kier molecular flexibility index (Phi) is 6.35. The van der Waals surface area contributed by atoms with E-state index in [4.69, 9.17) is 18.2 Å². The number of hydrogen-bond acceptors (Lipinski definition) is 7. The van der Waals surface area contributed by atoms with Crippen LogP contribution in [0.15, 0.2) is 171 Å². The number of rotatable bonds is 6. The normalized spacial score (nSPS) is 11.6. The largest absolute Gasteiger partial charge is 0.456 e. The second-order valence-corrected chi connectivity index (χ2v) is 12.1. The minimum Gasteiger partial charge on any atom is -0.456 e. The Hall–Kier alpha value is -6.99. The summed E-state index contributed by atoms with van der Waals surface area (Å²) in [6.45, 7) is 0. The number of nitrogens with zero attached hydrogens (tertiary/aromatic N) is 4. The van der Waals surface area contributed by atoms with Crippen molar-refractivity contribution in [1.82, 2.24) is 15.0 Å². The van der Waals surface area contributed by atoms with E-state index in [0.717, 1.165) is 83.6 Å². The SMILES string of the molecule is c1ccc2oc(-c3ccc(N(c4ccc(-c5cc6oc7ccccc7c6cn5)cc4)c4ccc(-c5nc6ccccc6o5)cc4)cc3)nc2c1. The van der Waals surface area contributed by atoms with Gasteiger partial charge in [-0.25, -0.2) is 9.97 Å². The second kappa shape index (κ2) is 11.3. The highest BCUT2D eigenvalue weighted by atomic mass is 16.4. The van der Waals surface area contributed by atoms with Gasteiger partial charge in [-0.15, -0.1) is 0 Å². The van der Waals surface area contributed by atoms with Crippen molar-refractivity contribution in [1.29, 1.82) is 0 Å². The molecular weight excluding hydrogens is 620 g/mol. The highest BCUT2D eigenvalue weighted by molar-refractivity contribution is 6.05. The van der Waals surface area contributed by atoms with Gasteiger partial charge in [-0.1, -0.05) is 54.6 Å². The molecule has 0 aliphatic rings. The van der Waals surface area contributed by atoms with Gasteiger partial charge in [0.2, 0.25) is 11.8 Å². The van der Waals surface area contributed by atoms with Gasteiger partial charge in [-0.05, 0) is 91.0 Å². The zero-order valence-electron chi connectivity index (χ0n) is 26.5. The predicted octanol–water partition coefficient (Wildman–Crippen LogP) is 11.7. The van der Waals surface area contributed by atoms with Gasteiger partial charge in [0.25, 0.3) is 0 Å². The minimum atomic E-state index is 0.588. The Labute approximate surface area is 285 Å². The Morgan fingerprint density at radius 3 is 1.42 bits per heavy atom. The van der Waals surface area contributed by atoms with Gasteiger partial charge in [0, 0.05) is 56.8 Å². The molecule has 7 heteroatoms. The lowest BCUT2D eigenvalue weighted by atomic mass is 10.1. The first-order chi connectivity index (χ1) is 24.7.